The van der Waals surface area contributed by atoms with E-state index in [4.69, 9.17) is 4.74 Å². The Balaban J connectivity index is 1.92. The van der Waals surface area contributed by atoms with Gasteiger partial charge in [-0.2, -0.15) is 0 Å². The van der Waals surface area contributed by atoms with Crippen LogP contribution in [0.4, 0.5) is 4.79 Å². The molecule has 0 bridgehead atoms. The van der Waals surface area contributed by atoms with Gasteiger partial charge in [0, 0.05) is 0 Å². The molecule has 2 rings (SSSR count). The Labute approximate surface area is 85.5 Å². The van der Waals surface area contributed by atoms with Gasteiger partial charge in [-0.05, 0) is 16.0 Å². The summed E-state index contributed by atoms with van der Waals surface area (Å²) in [6.45, 7) is 0.208. The molecule has 0 saturated heterocycles. The zero-order chi connectivity index (χ0) is 10.5. The van der Waals surface area contributed by atoms with Gasteiger partial charge < -0.3 is 4.74 Å². The molecule has 0 spiro atoms. The van der Waals surface area contributed by atoms with Gasteiger partial charge in [0.15, 0.2) is 6.33 Å². The van der Waals surface area contributed by atoms with Crippen LogP contribution in [0.25, 0.3) is 0 Å². The molecule has 0 N–H and O–H groups in total. The first-order valence-electron chi connectivity index (χ1n) is 4.30. The molecule has 0 aliphatic heterocycles. The molecule has 0 saturated carbocycles. The van der Waals surface area contributed by atoms with Crippen LogP contribution >= 0.6 is 0 Å². The summed E-state index contributed by atoms with van der Waals surface area (Å²) < 4.78 is 5.89. The molecule has 0 amide bonds. The van der Waals surface area contributed by atoms with Crippen molar-refractivity contribution < 1.29 is 9.53 Å². The van der Waals surface area contributed by atoms with E-state index in [1.165, 1.54) is 6.33 Å². The lowest BCUT2D eigenvalue weighted by Crippen LogP contribution is -2.14. The van der Waals surface area contributed by atoms with Crippen LogP contribution in [0.2, 0.25) is 0 Å². The number of hydrogen-bond acceptors (Lipinski definition) is 5. The third-order valence-electron chi connectivity index (χ3n) is 1.74. The highest BCUT2D eigenvalue weighted by Crippen LogP contribution is 2.01. The van der Waals surface area contributed by atoms with Crippen LogP contribution in [0, 0.1) is 0 Å². The van der Waals surface area contributed by atoms with Crippen molar-refractivity contribution in [3.8, 4) is 0 Å². The second kappa shape index (κ2) is 4.32. The normalized spacial score (nSPS) is 9.87. The Bertz CT molecular complexity index is 427. The smallest absolute Gasteiger partial charge is 0.437 e. The van der Waals surface area contributed by atoms with Crippen LogP contribution in [0.5, 0.6) is 0 Å². The van der Waals surface area contributed by atoms with E-state index in [-0.39, 0.29) is 6.61 Å². The number of hydrogen-bond donors (Lipinski definition) is 0. The van der Waals surface area contributed by atoms with Gasteiger partial charge in [-0.15, -0.1) is 9.78 Å². The fraction of sp³-hybridized carbons (Fsp3) is 0.111. The van der Waals surface area contributed by atoms with Crippen molar-refractivity contribution in [2.75, 3.05) is 0 Å². The molecule has 1 aromatic heterocycles. The first kappa shape index (κ1) is 9.32. The summed E-state index contributed by atoms with van der Waals surface area (Å²) >= 11 is 0. The Morgan fingerprint density at radius 3 is 2.80 bits per heavy atom. The van der Waals surface area contributed by atoms with Gasteiger partial charge in [0.2, 0.25) is 0 Å². The molecule has 0 aliphatic rings. The second-order valence-corrected chi connectivity index (χ2v) is 2.79. The number of carbonyl (C=O) groups is 1. The predicted octanol–water partition coefficient (Wildman–Crippen LogP) is 0.858. The van der Waals surface area contributed by atoms with E-state index in [2.05, 4.69) is 15.5 Å². The number of ether oxygens (including phenoxy) is 1. The van der Waals surface area contributed by atoms with Gasteiger partial charge in [-0.1, -0.05) is 30.3 Å². The van der Waals surface area contributed by atoms with Crippen molar-refractivity contribution >= 4 is 6.09 Å². The largest absolute Gasteiger partial charge is 0.443 e. The lowest BCUT2D eigenvalue weighted by atomic mass is 10.2. The number of carbonyl (C=O) groups excluding carboxylic acids is 1. The summed E-state index contributed by atoms with van der Waals surface area (Å²) in [5, 5.41) is 10.1. The van der Waals surface area contributed by atoms with Crippen molar-refractivity contribution in [2.24, 2.45) is 0 Å². The summed E-state index contributed by atoms with van der Waals surface area (Å²) in [4.78, 5) is 11.3. The molecular formula is C9H8N4O2. The zero-order valence-corrected chi connectivity index (χ0v) is 7.78. The van der Waals surface area contributed by atoms with Crippen LogP contribution in [-0.4, -0.2) is 26.3 Å². The molecule has 6 nitrogen and oxygen atoms in total. The van der Waals surface area contributed by atoms with E-state index in [9.17, 15) is 4.79 Å². The van der Waals surface area contributed by atoms with Gasteiger partial charge in [-0.3, -0.25) is 0 Å². The standard InChI is InChI=1S/C9H8N4O2/c14-9(13-7-10-11-12-13)15-6-8-4-2-1-3-5-8/h1-5,7H,6H2. The average molecular weight is 204 g/mol. The molecule has 6 heteroatoms. The maximum atomic E-state index is 11.3. The Kier molecular flexibility index (Phi) is 2.68. The molecule has 0 unspecified atom stereocenters. The summed E-state index contributed by atoms with van der Waals surface area (Å²) in [7, 11) is 0. The Morgan fingerprint density at radius 1 is 1.33 bits per heavy atom. The van der Waals surface area contributed by atoms with Crippen molar-refractivity contribution in [1.82, 2.24) is 20.2 Å². The van der Waals surface area contributed by atoms with E-state index < -0.39 is 6.09 Å². The minimum absolute atomic E-state index is 0.208. The highest BCUT2D eigenvalue weighted by atomic mass is 16.6. The molecule has 2 aromatic rings. The molecular weight excluding hydrogens is 196 g/mol. The van der Waals surface area contributed by atoms with Gasteiger partial charge >= 0.3 is 6.09 Å². The molecule has 0 atom stereocenters. The summed E-state index contributed by atoms with van der Waals surface area (Å²) in [5.41, 5.74) is 0.916. The monoisotopic (exact) mass is 204 g/mol. The topological polar surface area (TPSA) is 69.9 Å². The number of nitrogens with zero attached hydrogens (tertiary/aromatic N) is 4. The fourth-order valence-corrected chi connectivity index (χ4v) is 1.03. The molecule has 76 valence electrons. The lowest BCUT2D eigenvalue weighted by molar-refractivity contribution is 0.137. The average Bonchev–Trinajstić information content (AvgIpc) is 2.81. The SMILES string of the molecule is O=C(OCc1ccccc1)n1cnnn1. The Hall–Kier alpha value is -2.24. The van der Waals surface area contributed by atoms with Crippen molar-refractivity contribution in [3.63, 3.8) is 0 Å². The number of rotatable bonds is 2. The van der Waals surface area contributed by atoms with E-state index in [0.717, 1.165) is 10.2 Å². The van der Waals surface area contributed by atoms with Gasteiger partial charge in [-0.25, -0.2) is 4.79 Å². The zero-order valence-electron chi connectivity index (χ0n) is 7.78. The lowest BCUT2D eigenvalue weighted by Gasteiger charge is -2.02. The second-order valence-electron chi connectivity index (χ2n) is 2.79. The van der Waals surface area contributed by atoms with Crippen LogP contribution in [0.3, 0.4) is 0 Å². The first-order valence-corrected chi connectivity index (χ1v) is 4.30. The first-order chi connectivity index (χ1) is 7.36. The number of benzene rings is 1. The summed E-state index contributed by atoms with van der Waals surface area (Å²) in [6, 6.07) is 9.38. The minimum Gasteiger partial charge on any atom is -0.443 e. The van der Waals surface area contributed by atoms with Gasteiger partial charge in [0.05, 0.1) is 0 Å². The van der Waals surface area contributed by atoms with Gasteiger partial charge in [0.25, 0.3) is 0 Å². The van der Waals surface area contributed by atoms with E-state index >= 15 is 0 Å². The third kappa shape index (κ3) is 2.37. The van der Waals surface area contributed by atoms with E-state index in [1.807, 2.05) is 30.3 Å². The Morgan fingerprint density at radius 2 is 2.13 bits per heavy atom. The predicted molar refractivity (Wildman–Crippen MR) is 49.8 cm³/mol. The van der Waals surface area contributed by atoms with Crippen molar-refractivity contribution in [3.05, 3.63) is 42.2 Å². The fourth-order valence-electron chi connectivity index (χ4n) is 1.03. The van der Waals surface area contributed by atoms with Gasteiger partial charge in [0.1, 0.15) is 6.61 Å². The molecule has 0 radical (unpaired) electrons. The summed E-state index contributed by atoms with van der Waals surface area (Å²) in [6.07, 6.45) is 0.594. The van der Waals surface area contributed by atoms with Crippen LogP contribution in [0.15, 0.2) is 36.7 Å². The van der Waals surface area contributed by atoms with E-state index in [0.29, 0.717) is 0 Å². The molecule has 0 aliphatic carbocycles. The maximum Gasteiger partial charge on any atom is 0.437 e. The van der Waals surface area contributed by atoms with Crippen LogP contribution in [-0.2, 0) is 11.3 Å². The van der Waals surface area contributed by atoms with Crippen molar-refractivity contribution in [1.29, 1.82) is 0 Å². The highest BCUT2D eigenvalue weighted by molar-refractivity contribution is 5.68. The highest BCUT2D eigenvalue weighted by Gasteiger charge is 2.06. The summed E-state index contributed by atoms with van der Waals surface area (Å²) in [5.74, 6) is 0. The quantitative estimate of drug-likeness (QED) is 0.678. The molecule has 15 heavy (non-hydrogen) atoms. The third-order valence-corrected chi connectivity index (χ3v) is 1.74. The van der Waals surface area contributed by atoms with Crippen molar-refractivity contribution in [2.45, 2.75) is 6.61 Å². The van der Waals surface area contributed by atoms with Crippen LogP contribution < -0.4 is 0 Å². The molecule has 0 fully saturated rings. The maximum absolute atomic E-state index is 11.3. The molecule has 1 heterocycles. The molecule has 1 aromatic carbocycles. The minimum atomic E-state index is -0.594. The number of tetrazole rings is 1. The number of aromatic nitrogens is 4. The van der Waals surface area contributed by atoms with Crippen LogP contribution in [0.1, 0.15) is 5.56 Å². The van der Waals surface area contributed by atoms with E-state index in [1.54, 1.807) is 0 Å².